The lowest BCUT2D eigenvalue weighted by molar-refractivity contribution is -0.384. The summed E-state index contributed by atoms with van der Waals surface area (Å²) in [5.41, 5.74) is -3.14. The number of aromatic hydroxyl groups is 10. The minimum atomic E-state index is -1.38. The van der Waals surface area contributed by atoms with Crippen LogP contribution < -0.4 is 4.90 Å². The molecular weight excluding hydrogens is 436 g/mol. The third-order valence-corrected chi connectivity index (χ3v) is 4.44. The molecule has 0 fully saturated rings. The molecule has 0 unspecified atom stereocenters. The van der Waals surface area contributed by atoms with Crippen LogP contribution in [-0.4, -0.2) is 56.0 Å². The highest BCUT2D eigenvalue weighted by Gasteiger charge is 2.35. The zero-order chi connectivity index (χ0) is 24.1. The third kappa shape index (κ3) is 2.98. The van der Waals surface area contributed by atoms with Crippen LogP contribution in [0.5, 0.6) is 57.5 Å². The van der Waals surface area contributed by atoms with E-state index in [0.29, 0.717) is 4.90 Å². The van der Waals surface area contributed by atoms with Crippen molar-refractivity contribution in [2.45, 2.75) is 0 Å². The van der Waals surface area contributed by atoms with Crippen LogP contribution >= 0.6 is 0 Å². The number of nitrogens with zero attached hydrogens (tertiary/aromatic N) is 2. The van der Waals surface area contributed by atoms with E-state index in [0.717, 1.165) is 24.3 Å². The lowest BCUT2D eigenvalue weighted by Crippen LogP contribution is -2.12. The number of phenols is 10. The molecule has 0 amide bonds. The number of phenolic OH excluding ortho intramolecular Hbond substituents is 10. The van der Waals surface area contributed by atoms with Crippen LogP contribution in [0.3, 0.4) is 0 Å². The lowest BCUT2D eigenvalue weighted by atomic mass is 10.1. The van der Waals surface area contributed by atoms with Crippen LogP contribution in [0.4, 0.5) is 22.7 Å². The maximum atomic E-state index is 11.2. The van der Waals surface area contributed by atoms with Gasteiger partial charge in [0.25, 0.3) is 5.69 Å². The number of benzene rings is 3. The van der Waals surface area contributed by atoms with Crippen molar-refractivity contribution in [3.8, 4) is 57.5 Å². The predicted molar refractivity (Wildman–Crippen MR) is 104 cm³/mol. The van der Waals surface area contributed by atoms with E-state index in [2.05, 4.69) is 0 Å². The van der Waals surface area contributed by atoms with E-state index in [1.54, 1.807) is 0 Å². The number of nitro groups is 1. The molecule has 0 radical (unpaired) electrons. The Hall–Kier alpha value is -5.14. The van der Waals surface area contributed by atoms with Gasteiger partial charge in [0.1, 0.15) is 11.4 Å². The van der Waals surface area contributed by atoms with Crippen molar-refractivity contribution < 1.29 is 56.0 Å². The molecule has 0 aromatic heterocycles. The zero-order valence-corrected chi connectivity index (χ0v) is 15.5. The number of rotatable bonds is 4. The van der Waals surface area contributed by atoms with E-state index in [9.17, 15) is 61.2 Å². The monoisotopic (exact) mass is 450 g/mol. The van der Waals surface area contributed by atoms with Gasteiger partial charge in [-0.05, 0) is 6.07 Å². The molecule has 0 atom stereocenters. The number of non-ortho nitro benzene ring substituents is 1. The first-order valence-corrected chi connectivity index (χ1v) is 8.32. The number of anilines is 3. The fourth-order valence-corrected chi connectivity index (χ4v) is 2.89. The second kappa shape index (κ2) is 7.28. The Morgan fingerprint density at radius 1 is 0.594 bits per heavy atom. The molecule has 0 spiro atoms. The van der Waals surface area contributed by atoms with Crippen LogP contribution in [0.15, 0.2) is 24.3 Å². The van der Waals surface area contributed by atoms with Gasteiger partial charge in [0.2, 0.25) is 34.5 Å². The first-order valence-electron chi connectivity index (χ1n) is 8.32. The maximum absolute atomic E-state index is 11.2. The number of hydrogen-bond acceptors (Lipinski definition) is 13. The lowest BCUT2D eigenvalue weighted by Gasteiger charge is -2.28. The molecule has 3 rings (SSSR count). The highest BCUT2D eigenvalue weighted by Crippen LogP contribution is 2.63. The van der Waals surface area contributed by atoms with Gasteiger partial charge >= 0.3 is 0 Å². The Labute approximate surface area is 176 Å². The number of hydrogen-bond donors (Lipinski definition) is 10. The highest BCUT2D eigenvalue weighted by molar-refractivity contribution is 5.95. The molecule has 10 N–H and O–H groups in total. The topological polar surface area (TPSA) is 249 Å². The molecule has 0 aliphatic carbocycles. The fourth-order valence-electron chi connectivity index (χ4n) is 2.89. The van der Waals surface area contributed by atoms with Gasteiger partial charge in [-0.15, -0.1) is 0 Å². The zero-order valence-electron chi connectivity index (χ0n) is 15.5. The Balaban J connectivity index is 2.53. The maximum Gasteiger partial charge on any atom is 0.271 e. The summed E-state index contributed by atoms with van der Waals surface area (Å²) in [7, 11) is 0. The van der Waals surface area contributed by atoms with Gasteiger partial charge in [0.05, 0.1) is 10.6 Å². The molecule has 0 aliphatic heterocycles. The molecule has 168 valence electrons. The second-order valence-corrected chi connectivity index (χ2v) is 6.30. The molecular formula is C18H14N2O12. The minimum Gasteiger partial charge on any atom is -0.503 e. The van der Waals surface area contributed by atoms with E-state index in [1.165, 1.54) is 0 Å². The van der Waals surface area contributed by atoms with Gasteiger partial charge in [-0.3, -0.25) is 15.0 Å². The molecule has 32 heavy (non-hydrogen) atoms. The Morgan fingerprint density at radius 2 is 0.938 bits per heavy atom. The molecule has 0 saturated heterocycles. The highest BCUT2D eigenvalue weighted by atomic mass is 16.6. The van der Waals surface area contributed by atoms with Crippen LogP contribution in [0.1, 0.15) is 0 Å². The Morgan fingerprint density at radius 3 is 1.28 bits per heavy atom. The van der Waals surface area contributed by atoms with Crippen LogP contribution in [0.2, 0.25) is 0 Å². The normalized spacial score (nSPS) is 10.8. The summed E-state index contributed by atoms with van der Waals surface area (Å²) in [5.74, 6) is -13.6. The summed E-state index contributed by atoms with van der Waals surface area (Å²) < 4.78 is 0. The van der Waals surface area contributed by atoms with Gasteiger partial charge in [-0.25, -0.2) is 0 Å². The van der Waals surface area contributed by atoms with E-state index in [4.69, 9.17) is 0 Å². The fraction of sp³-hybridized carbons (Fsp3) is 0. The Kier molecular flexibility index (Phi) is 4.91. The van der Waals surface area contributed by atoms with Crippen LogP contribution in [-0.2, 0) is 0 Å². The van der Waals surface area contributed by atoms with Gasteiger partial charge in [0.15, 0.2) is 23.0 Å². The molecule has 14 heteroatoms. The van der Waals surface area contributed by atoms with E-state index in [-0.39, 0.29) is 0 Å². The minimum absolute atomic E-state index is 0.389. The molecule has 3 aromatic carbocycles. The average molecular weight is 450 g/mol. The third-order valence-electron chi connectivity index (χ3n) is 4.44. The van der Waals surface area contributed by atoms with Crippen molar-refractivity contribution in [3.63, 3.8) is 0 Å². The van der Waals surface area contributed by atoms with Crippen molar-refractivity contribution >= 4 is 22.7 Å². The van der Waals surface area contributed by atoms with Gasteiger partial charge < -0.3 is 51.1 Å². The van der Waals surface area contributed by atoms with Gasteiger partial charge in [0, 0.05) is 12.1 Å². The second-order valence-electron chi connectivity index (χ2n) is 6.30. The van der Waals surface area contributed by atoms with Gasteiger partial charge in [-0.2, -0.15) is 0 Å². The molecule has 0 heterocycles. The average Bonchev–Trinajstić information content (AvgIpc) is 2.78. The van der Waals surface area contributed by atoms with Crippen LogP contribution in [0.25, 0.3) is 0 Å². The smallest absolute Gasteiger partial charge is 0.271 e. The molecule has 0 aliphatic rings. The summed E-state index contributed by atoms with van der Waals surface area (Å²) in [6.07, 6.45) is 0. The first kappa shape index (κ1) is 21.6. The largest absolute Gasteiger partial charge is 0.503 e. The van der Waals surface area contributed by atoms with Crippen molar-refractivity contribution in [3.05, 3.63) is 34.4 Å². The van der Waals surface area contributed by atoms with Crippen molar-refractivity contribution in [1.29, 1.82) is 0 Å². The summed E-state index contributed by atoms with van der Waals surface area (Å²) in [5, 5.41) is 111. The molecule has 0 bridgehead atoms. The first-order chi connectivity index (χ1) is 14.9. The SMILES string of the molecule is O=[N+]([O-])c1cccc(N(c2c(O)c(O)c(O)c(O)c2O)c2c(O)c(O)c(O)c(O)c2O)c1. The molecule has 14 nitrogen and oxygen atoms in total. The standard InChI is InChI=1S/C18H14N2O12/c21-9-7(10(22)14(26)17(29)13(9)25)19(5-2-1-3-6(4-5)20(31)32)8-11(23)15(27)18(30)16(28)12(8)24/h1-4,21-30H. The Bertz CT molecular complexity index is 1150. The summed E-state index contributed by atoms with van der Waals surface area (Å²) in [6, 6.07) is 3.99. The van der Waals surface area contributed by atoms with Crippen molar-refractivity contribution in [2.75, 3.05) is 4.90 Å². The van der Waals surface area contributed by atoms with Crippen molar-refractivity contribution in [1.82, 2.24) is 0 Å². The molecule has 0 saturated carbocycles. The van der Waals surface area contributed by atoms with E-state index >= 15 is 0 Å². The van der Waals surface area contributed by atoms with E-state index in [1.807, 2.05) is 0 Å². The number of nitro benzene ring substituents is 1. The quantitative estimate of drug-likeness (QED) is 0.118. The summed E-state index contributed by atoms with van der Waals surface area (Å²) >= 11 is 0. The van der Waals surface area contributed by atoms with E-state index < -0.39 is 85.2 Å². The predicted octanol–water partition coefficient (Wildman–Crippen LogP) is 2.12. The molecule has 3 aromatic rings. The van der Waals surface area contributed by atoms with Gasteiger partial charge in [-0.1, -0.05) is 6.07 Å². The van der Waals surface area contributed by atoms with Crippen LogP contribution in [0, 0.1) is 10.1 Å². The summed E-state index contributed by atoms with van der Waals surface area (Å²) in [4.78, 5) is 10.7. The summed E-state index contributed by atoms with van der Waals surface area (Å²) in [6.45, 7) is 0. The van der Waals surface area contributed by atoms with Crippen molar-refractivity contribution in [2.24, 2.45) is 0 Å².